The Bertz CT molecular complexity index is 682. The Labute approximate surface area is 132 Å². The maximum absolute atomic E-state index is 11.8. The predicted molar refractivity (Wildman–Crippen MR) is 80.3 cm³/mol. The van der Waals surface area contributed by atoms with Gasteiger partial charge in [0.15, 0.2) is 0 Å². The van der Waals surface area contributed by atoms with Crippen molar-refractivity contribution in [1.29, 1.82) is 0 Å². The van der Waals surface area contributed by atoms with Gasteiger partial charge >= 0.3 is 5.97 Å². The summed E-state index contributed by atoms with van der Waals surface area (Å²) in [5.41, 5.74) is -0.415. The molecule has 2 aromatic heterocycles. The third kappa shape index (κ3) is 4.60. The highest BCUT2D eigenvalue weighted by Crippen LogP contribution is 2.14. The molecule has 2 rings (SSSR count). The van der Waals surface area contributed by atoms with E-state index < -0.39 is 11.4 Å². The van der Waals surface area contributed by atoms with Crippen molar-refractivity contribution < 1.29 is 19.2 Å². The quantitative estimate of drug-likeness (QED) is 0.789. The maximum Gasteiger partial charge on any atom is 0.310 e. The summed E-state index contributed by atoms with van der Waals surface area (Å²) in [6.45, 7) is 3.16. The first kappa shape index (κ1) is 16.6. The van der Waals surface area contributed by atoms with E-state index >= 15 is 0 Å². The van der Waals surface area contributed by atoms with Crippen LogP contribution < -0.4 is 5.32 Å². The van der Waals surface area contributed by atoms with Crippen molar-refractivity contribution >= 4 is 11.9 Å². The molecule has 2 heterocycles. The number of carbonyl (C=O) groups is 2. The van der Waals surface area contributed by atoms with Crippen molar-refractivity contribution in [3.05, 3.63) is 30.3 Å². The number of hydrogen-bond acceptors (Lipinski definition) is 6. The van der Waals surface area contributed by atoms with Crippen LogP contribution >= 0.6 is 0 Å². The fourth-order valence-electron chi connectivity index (χ4n) is 1.66. The predicted octanol–water partition coefficient (Wildman–Crippen LogP) is 1.29. The number of nitrogens with zero attached hydrogens (tertiary/aromatic N) is 3. The monoisotopic (exact) mass is 318 g/mol. The molecule has 0 spiro atoms. The van der Waals surface area contributed by atoms with Crippen LogP contribution in [0.1, 0.15) is 26.2 Å². The fourth-order valence-corrected chi connectivity index (χ4v) is 1.66. The molecule has 0 unspecified atom stereocenters. The summed E-state index contributed by atoms with van der Waals surface area (Å²) in [7, 11) is 0. The average Bonchev–Trinajstić information content (AvgIpc) is 3.01. The molecule has 0 aliphatic rings. The number of aromatic nitrogens is 3. The Balaban J connectivity index is 1.84. The number of carbonyl (C=O) groups excluding carboxylic acids is 1. The molecule has 0 fully saturated rings. The average molecular weight is 318 g/mol. The second-order valence-corrected chi connectivity index (χ2v) is 5.69. The molecule has 0 saturated heterocycles. The fraction of sp³-hybridized carbons (Fsp3) is 0.400. The van der Waals surface area contributed by atoms with E-state index in [0.29, 0.717) is 17.4 Å². The van der Waals surface area contributed by atoms with Gasteiger partial charge in [0, 0.05) is 25.6 Å². The van der Waals surface area contributed by atoms with Crippen LogP contribution in [0.2, 0.25) is 0 Å². The summed E-state index contributed by atoms with van der Waals surface area (Å²) >= 11 is 0. The van der Waals surface area contributed by atoms with Gasteiger partial charge < -0.3 is 14.9 Å². The van der Waals surface area contributed by atoms with Crippen molar-refractivity contribution in [3.63, 3.8) is 0 Å². The SMILES string of the molecule is CC(C)(CNC(=O)CCc1nc(-c2ccccn2)no1)C(=O)O. The number of pyridine rings is 1. The zero-order valence-electron chi connectivity index (χ0n) is 12.9. The first-order chi connectivity index (χ1) is 10.9. The highest BCUT2D eigenvalue weighted by atomic mass is 16.5. The second kappa shape index (κ2) is 6.99. The molecular formula is C15H18N4O4. The molecule has 0 atom stereocenters. The molecule has 0 saturated carbocycles. The van der Waals surface area contributed by atoms with Gasteiger partial charge in [-0.25, -0.2) is 0 Å². The van der Waals surface area contributed by atoms with Gasteiger partial charge in [-0.3, -0.25) is 14.6 Å². The first-order valence-electron chi connectivity index (χ1n) is 7.12. The molecule has 0 radical (unpaired) electrons. The number of hydrogen-bond donors (Lipinski definition) is 2. The third-order valence-corrected chi connectivity index (χ3v) is 3.23. The number of nitrogens with one attached hydrogen (secondary N) is 1. The number of carboxylic acids is 1. The van der Waals surface area contributed by atoms with E-state index in [-0.39, 0.29) is 25.3 Å². The lowest BCUT2D eigenvalue weighted by atomic mass is 9.94. The highest BCUT2D eigenvalue weighted by molar-refractivity contribution is 5.78. The minimum atomic E-state index is -1.01. The smallest absolute Gasteiger partial charge is 0.310 e. The second-order valence-electron chi connectivity index (χ2n) is 5.69. The topological polar surface area (TPSA) is 118 Å². The minimum Gasteiger partial charge on any atom is -0.481 e. The van der Waals surface area contributed by atoms with Crippen LogP contribution in [0.4, 0.5) is 0 Å². The van der Waals surface area contributed by atoms with E-state index in [9.17, 15) is 9.59 Å². The third-order valence-electron chi connectivity index (χ3n) is 3.23. The molecule has 0 aromatic carbocycles. The Morgan fingerprint density at radius 1 is 1.35 bits per heavy atom. The number of rotatable bonds is 7. The van der Waals surface area contributed by atoms with E-state index in [2.05, 4.69) is 20.4 Å². The van der Waals surface area contributed by atoms with Crippen LogP contribution in [0.3, 0.4) is 0 Å². The molecule has 8 heteroatoms. The van der Waals surface area contributed by atoms with Crippen molar-refractivity contribution in [2.75, 3.05) is 6.54 Å². The zero-order chi connectivity index (χ0) is 16.9. The molecular weight excluding hydrogens is 300 g/mol. The molecule has 0 aliphatic carbocycles. The van der Waals surface area contributed by atoms with E-state index in [4.69, 9.17) is 9.63 Å². The number of aliphatic carboxylic acids is 1. The Kier molecular flexibility index (Phi) is 5.05. The van der Waals surface area contributed by atoms with Gasteiger partial charge in [0.25, 0.3) is 0 Å². The first-order valence-corrected chi connectivity index (χ1v) is 7.12. The number of amides is 1. The normalized spacial score (nSPS) is 11.2. The van der Waals surface area contributed by atoms with Crippen molar-refractivity contribution in [2.24, 2.45) is 5.41 Å². The van der Waals surface area contributed by atoms with Gasteiger partial charge in [-0.15, -0.1) is 0 Å². The van der Waals surface area contributed by atoms with Crippen LogP contribution in [0, 0.1) is 5.41 Å². The van der Waals surface area contributed by atoms with Crippen LogP contribution in [-0.2, 0) is 16.0 Å². The van der Waals surface area contributed by atoms with E-state index in [1.807, 2.05) is 6.07 Å². The summed E-state index contributed by atoms with van der Waals surface area (Å²) in [4.78, 5) is 31.0. The van der Waals surface area contributed by atoms with Crippen molar-refractivity contribution in [3.8, 4) is 11.5 Å². The lowest BCUT2D eigenvalue weighted by molar-refractivity contribution is -0.146. The van der Waals surface area contributed by atoms with Gasteiger partial charge in [0.1, 0.15) is 5.69 Å². The molecule has 8 nitrogen and oxygen atoms in total. The van der Waals surface area contributed by atoms with Gasteiger partial charge in [-0.2, -0.15) is 4.98 Å². The molecule has 2 N–H and O–H groups in total. The van der Waals surface area contributed by atoms with Gasteiger partial charge in [-0.05, 0) is 26.0 Å². The van der Waals surface area contributed by atoms with Gasteiger partial charge in [0.05, 0.1) is 5.41 Å². The Morgan fingerprint density at radius 2 is 2.13 bits per heavy atom. The molecule has 23 heavy (non-hydrogen) atoms. The summed E-state index contributed by atoms with van der Waals surface area (Å²) < 4.78 is 5.08. The van der Waals surface area contributed by atoms with E-state index in [1.165, 1.54) is 0 Å². The number of carboxylic acid groups (broad SMARTS) is 1. The standard InChI is InChI=1S/C15H18N4O4/c1-15(2,14(21)22)9-17-11(20)6-7-12-18-13(19-23-12)10-5-3-4-8-16-10/h3-5,8H,6-7,9H2,1-2H3,(H,17,20)(H,21,22). The number of aryl methyl sites for hydroxylation is 1. The van der Waals surface area contributed by atoms with Crippen LogP contribution in [0.15, 0.2) is 28.9 Å². The summed E-state index contributed by atoms with van der Waals surface area (Å²) in [5.74, 6) is -0.530. The van der Waals surface area contributed by atoms with E-state index in [1.54, 1.807) is 32.2 Å². The van der Waals surface area contributed by atoms with Gasteiger partial charge in [-0.1, -0.05) is 11.2 Å². The maximum atomic E-state index is 11.8. The highest BCUT2D eigenvalue weighted by Gasteiger charge is 2.27. The molecule has 2 aromatic rings. The molecule has 122 valence electrons. The van der Waals surface area contributed by atoms with Gasteiger partial charge in [0.2, 0.25) is 17.6 Å². The zero-order valence-corrected chi connectivity index (χ0v) is 12.9. The van der Waals surface area contributed by atoms with E-state index in [0.717, 1.165) is 0 Å². The van der Waals surface area contributed by atoms with Crippen LogP contribution in [0.5, 0.6) is 0 Å². The summed E-state index contributed by atoms with van der Waals surface area (Å²) in [6.07, 6.45) is 2.04. The summed E-state index contributed by atoms with van der Waals surface area (Å²) in [5, 5.41) is 15.4. The Hall–Kier alpha value is -2.77. The molecule has 1 amide bonds. The van der Waals surface area contributed by atoms with Crippen molar-refractivity contribution in [1.82, 2.24) is 20.4 Å². The Morgan fingerprint density at radius 3 is 2.78 bits per heavy atom. The lowest BCUT2D eigenvalue weighted by Gasteiger charge is -2.19. The molecule has 0 aliphatic heterocycles. The van der Waals surface area contributed by atoms with Crippen molar-refractivity contribution in [2.45, 2.75) is 26.7 Å². The summed E-state index contributed by atoms with van der Waals surface area (Å²) in [6, 6.07) is 5.36. The van der Waals surface area contributed by atoms with Crippen LogP contribution in [-0.4, -0.2) is 38.7 Å². The minimum absolute atomic E-state index is 0.0597. The lowest BCUT2D eigenvalue weighted by Crippen LogP contribution is -2.38. The molecule has 0 bridgehead atoms. The van der Waals surface area contributed by atoms with Crippen LogP contribution in [0.25, 0.3) is 11.5 Å². The largest absolute Gasteiger partial charge is 0.481 e.